The van der Waals surface area contributed by atoms with Crippen LogP contribution in [0.3, 0.4) is 0 Å². The van der Waals surface area contributed by atoms with Gasteiger partial charge >= 0.3 is 0 Å². The van der Waals surface area contributed by atoms with Gasteiger partial charge in [0.2, 0.25) is 0 Å². The van der Waals surface area contributed by atoms with Crippen LogP contribution in [0.25, 0.3) is 10.9 Å². The minimum Gasteiger partial charge on any atom is -0.378 e. The van der Waals surface area contributed by atoms with Crippen LogP contribution in [0.15, 0.2) is 24.3 Å². The number of halogens is 1. The lowest BCUT2D eigenvalue weighted by molar-refractivity contribution is 0.0301. The summed E-state index contributed by atoms with van der Waals surface area (Å²) in [6, 6.07) is 7.96. The number of carbonyl (C=O) groups excluding carboxylic acids is 1. The second kappa shape index (κ2) is 6.41. The summed E-state index contributed by atoms with van der Waals surface area (Å²) in [7, 11) is 0. The molecule has 0 N–H and O–H groups in total. The Balaban J connectivity index is 0.00000161. The summed E-state index contributed by atoms with van der Waals surface area (Å²) < 4.78 is 5.31. The van der Waals surface area contributed by atoms with Crippen molar-refractivity contribution in [3.8, 4) is 0 Å². The van der Waals surface area contributed by atoms with Crippen LogP contribution < -0.4 is 0 Å². The fourth-order valence-corrected chi connectivity index (χ4v) is 2.77. The Hall–Kier alpha value is -1.65. The number of rotatable bonds is 1. The molecule has 3 rings (SSSR count). The van der Waals surface area contributed by atoms with Gasteiger partial charge in [-0.25, -0.2) is 0 Å². The normalized spacial score (nSPS) is 14.9. The number of aryl methyl sites for hydroxylation is 2. The maximum Gasteiger partial charge on any atom is 0.256 e. The maximum absolute atomic E-state index is 12.7. The molecule has 1 aromatic carbocycles. The first kappa shape index (κ1) is 15.7. The zero-order valence-electron chi connectivity index (χ0n) is 12.3. The minimum atomic E-state index is 0. The SMILES string of the molecule is Cc1nc2ccccc2c(C)c1C(=O)N1CCOCC1.Cl. The highest BCUT2D eigenvalue weighted by molar-refractivity contribution is 6.01. The van der Waals surface area contributed by atoms with Crippen LogP contribution in [0.4, 0.5) is 0 Å². The van der Waals surface area contributed by atoms with E-state index in [2.05, 4.69) is 4.98 Å². The number of amides is 1. The second-order valence-electron chi connectivity index (χ2n) is 5.12. The van der Waals surface area contributed by atoms with E-state index in [1.807, 2.05) is 43.0 Å². The summed E-state index contributed by atoms with van der Waals surface area (Å²) in [5.41, 5.74) is 3.51. The number of nitrogens with zero attached hydrogens (tertiary/aromatic N) is 2. The quantitative estimate of drug-likeness (QED) is 0.813. The van der Waals surface area contributed by atoms with E-state index in [1.54, 1.807) is 0 Å². The van der Waals surface area contributed by atoms with Gasteiger partial charge in [-0.2, -0.15) is 0 Å². The Bertz CT molecular complexity index is 667. The summed E-state index contributed by atoms with van der Waals surface area (Å²) in [4.78, 5) is 19.1. The number of fused-ring (bicyclic) bond motifs is 1. The van der Waals surface area contributed by atoms with Crippen molar-refractivity contribution < 1.29 is 9.53 Å². The Morgan fingerprint density at radius 2 is 1.86 bits per heavy atom. The first-order chi connectivity index (χ1) is 9.68. The van der Waals surface area contributed by atoms with Gasteiger partial charge in [-0.15, -0.1) is 12.4 Å². The first-order valence-electron chi connectivity index (χ1n) is 6.91. The summed E-state index contributed by atoms with van der Waals surface area (Å²) in [5, 5.41) is 1.05. The number of ether oxygens (including phenoxy) is 1. The number of pyridine rings is 1. The van der Waals surface area contributed by atoms with Crippen LogP contribution >= 0.6 is 12.4 Å². The van der Waals surface area contributed by atoms with E-state index in [0.717, 1.165) is 27.7 Å². The molecule has 2 heterocycles. The van der Waals surface area contributed by atoms with Gasteiger partial charge in [0.05, 0.1) is 30.0 Å². The molecule has 0 atom stereocenters. The van der Waals surface area contributed by atoms with E-state index in [9.17, 15) is 4.79 Å². The third-order valence-corrected chi connectivity index (χ3v) is 3.85. The Morgan fingerprint density at radius 1 is 1.19 bits per heavy atom. The average Bonchev–Trinajstić information content (AvgIpc) is 2.48. The maximum atomic E-state index is 12.7. The van der Waals surface area contributed by atoms with Gasteiger partial charge in [-0.3, -0.25) is 9.78 Å². The van der Waals surface area contributed by atoms with Crippen LogP contribution in [0.1, 0.15) is 21.6 Å². The fraction of sp³-hybridized carbons (Fsp3) is 0.375. The number of aromatic nitrogens is 1. The molecule has 2 aromatic rings. The van der Waals surface area contributed by atoms with E-state index in [-0.39, 0.29) is 18.3 Å². The first-order valence-corrected chi connectivity index (χ1v) is 6.91. The van der Waals surface area contributed by atoms with Gasteiger partial charge in [0.1, 0.15) is 0 Å². The molecule has 0 aliphatic carbocycles. The molecular formula is C16H19ClN2O2. The molecule has 1 aliphatic rings. The van der Waals surface area contributed by atoms with Crippen molar-refractivity contribution in [3.05, 3.63) is 41.1 Å². The van der Waals surface area contributed by atoms with Gasteiger partial charge in [0.15, 0.2) is 0 Å². The lowest BCUT2D eigenvalue weighted by atomic mass is 10.0. The molecule has 112 valence electrons. The van der Waals surface area contributed by atoms with Crippen molar-refractivity contribution in [1.29, 1.82) is 0 Å². The lowest BCUT2D eigenvalue weighted by Gasteiger charge is -2.28. The molecular weight excluding hydrogens is 288 g/mol. The molecule has 1 aliphatic heterocycles. The minimum absolute atomic E-state index is 0. The Labute approximate surface area is 130 Å². The number of benzene rings is 1. The van der Waals surface area contributed by atoms with Crippen molar-refractivity contribution >= 4 is 29.2 Å². The van der Waals surface area contributed by atoms with Crippen LogP contribution in [-0.2, 0) is 4.74 Å². The summed E-state index contributed by atoms with van der Waals surface area (Å²) in [6.45, 7) is 6.46. The predicted molar refractivity (Wildman–Crippen MR) is 85.2 cm³/mol. The van der Waals surface area contributed by atoms with Crippen LogP contribution in [-0.4, -0.2) is 42.1 Å². The third-order valence-electron chi connectivity index (χ3n) is 3.85. The number of morpholine rings is 1. The van der Waals surface area contributed by atoms with Gasteiger partial charge in [-0.05, 0) is 25.5 Å². The lowest BCUT2D eigenvalue weighted by Crippen LogP contribution is -2.41. The van der Waals surface area contributed by atoms with Crippen molar-refractivity contribution in [2.24, 2.45) is 0 Å². The van der Waals surface area contributed by atoms with Crippen LogP contribution in [0, 0.1) is 13.8 Å². The molecule has 5 heteroatoms. The standard InChI is InChI=1S/C16H18N2O2.ClH/c1-11-13-5-3-4-6-14(13)17-12(2)15(11)16(19)18-7-9-20-10-8-18;/h3-6H,7-10H2,1-2H3;1H. The van der Waals surface area contributed by atoms with Gasteiger partial charge in [-0.1, -0.05) is 18.2 Å². The summed E-state index contributed by atoms with van der Waals surface area (Å²) >= 11 is 0. The number of hydrogen-bond donors (Lipinski definition) is 0. The van der Waals surface area contributed by atoms with Crippen molar-refractivity contribution in [3.63, 3.8) is 0 Å². The van der Waals surface area contributed by atoms with Gasteiger partial charge < -0.3 is 9.64 Å². The highest BCUT2D eigenvalue weighted by Gasteiger charge is 2.23. The molecule has 1 aromatic heterocycles. The molecule has 1 fully saturated rings. The topological polar surface area (TPSA) is 42.4 Å². The molecule has 21 heavy (non-hydrogen) atoms. The van der Waals surface area contributed by atoms with Crippen LogP contribution in [0.5, 0.6) is 0 Å². The van der Waals surface area contributed by atoms with E-state index in [4.69, 9.17) is 4.74 Å². The summed E-state index contributed by atoms with van der Waals surface area (Å²) in [5.74, 6) is 0.0709. The molecule has 0 spiro atoms. The molecule has 0 unspecified atom stereocenters. The zero-order chi connectivity index (χ0) is 14.1. The van der Waals surface area contributed by atoms with Crippen LogP contribution in [0.2, 0.25) is 0 Å². The van der Waals surface area contributed by atoms with Crippen molar-refractivity contribution in [2.75, 3.05) is 26.3 Å². The fourth-order valence-electron chi connectivity index (χ4n) is 2.77. The monoisotopic (exact) mass is 306 g/mol. The van der Waals surface area contributed by atoms with E-state index >= 15 is 0 Å². The molecule has 4 nitrogen and oxygen atoms in total. The highest BCUT2D eigenvalue weighted by Crippen LogP contribution is 2.24. The van der Waals surface area contributed by atoms with Crippen molar-refractivity contribution in [2.45, 2.75) is 13.8 Å². The molecule has 0 saturated carbocycles. The Kier molecular flexibility index (Phi) is 4.80. The zero-order valence-corrected chi connectivity index (χ0v) is 13.1. The van der Waals surface area contributed by atoms with Gasteiger partial charge in [0.25, 0.3) is 5.91 Å². The van der Waals surface area contributed by atoms with Crippen molar-refractivity contribution in [1.82, 2.24) is 9.88 Å². The summed E-state index contributed by atoms with van der Waals surface area (Å²) in [6.07, 6.45) is 0. The number of carbonyl (C=O) groups is 1. The largest absolute Gasteiger partial charge is 0.378 e. The highest BCUT2D eigenvalue weighted by atomic mass is 35.5. The predicted octanol–water partition coefficient (Wildman–Crippen LogP) is 2.75. The Morgan fingerprint density at radius 3 is 2.57 bits per heavy atom. The molecule has 1 amide bonds. The average molecular weight is 307 g/mol. The van der Waals surface area contributed by atoms with E-state index in [1.165, 1.54) is 0 Å². The second-order valence-corrected chi connectivity index (χ2v) is 5.12. The third kappa shape index (κ3) is 2.87. The molecule has 0 radical (unpaired) electrons. The molecule has 0 bridgehead atoms. The molecule has 1 saturated heterocycles. The number of para-hydroxylation sites is 1. The van der Waals surface area contributed by atoms with E-state index < -0.39 is 0 Å². The van der Waals surface area contributed by atoms with E-state index in [0.29, 0.717) is 26.3 Å². The van der Waals surface area contributed by atoms with Gasteiger partial charge in [0, 0.05) is 18.5 Å². The smallest absolute Gasteiger partial charge is 0.256 e. The number of hydrogen-bond acceptors (Lipinski definition) is 3.